The summed E-state index contributed by atoms with van der Waals surface area (Å²) in [5.74, 6) is 4.66. The molecule has 0 aromatic heterocycles. The lowest BCUT2D eigenvalue weighted by atomic mass is 10.0. The van der Waals surface area contributed by atoms with Gasteiger partial charge in [-0.2, -0.15) is 0 Å². The molecule has 3 aliphatic rings. The number of nitrogens with one attached hydrogen (secondary N) is 2. The molecule has 4 unspecified atom stereocenters. The summed E-state index contributed by atoms with van der Waals surface area (Å²) in [5.41, 5.74) is 0. The first-order chi connectivity index (χ1) is 7.66. The Hall–Kier alpha value is -0.310. The molecule has 3 rings (SSSR count). The van der Waals surface area contributed by atoms with E-state index in [0.29, 0.717) is 5.92 Å². The summed E-state index contributed by atoms with van der Waals surface area (Å²) in [7, 11) is 0. The fourth-order valence-corrected chi connectivity index (χ4v) is 4.24. The van der Waals surface area contributed by atoms with Crippen LogP contribution in [0.25, 0.3) is 0 Å². The Morgan fingerprint density at radius 1 is 1.25 bits per heavy atom. The number of fused-ring (bicyclic) bond motifs is 5. The summed E-state index contributed by atoms with van der Waals surface area (Å²) in [5, 5.41) is 7.73. The molecule has 3 heteroatoms. The maximum absolute atomic E-state index is 5.34. The third-order valence-electron chi connectivity index (χ3n) is 4.70. The van der Waals surface area contributed by atoms with Crippen molar-refractivity contribution in [3.05, 3.63) is 0 Å². The van der Waals surface area contributed by atoms with E-state index in [1.807, 2.05) is 0 Å². The molecule has 0 aromatic carbocycles. The Morgan fingerprint density at radius 3 is 2.44 bits per heavy atom. The van der Waals surface area contributed by atoms with Crippen LogP contribution in [0.15, 0.2) is 0 Å². The monoisotopic (exact) mass is 238 g/mol. The van der Waals surface area contributed by atoms with Crippen LogP contribution >= 0.6 is 12.2 Å². The lowest BCUT2D eigenvalue weighted by Crippen LogP contribution is -2.40. The first-order valence-electron chi connectivity index (χ1n) is 6.71. The lowest BCUT2D eigenvalue weighted by Gasteiger charge is -2.15. The van der Waals surface area contributed by atoms with Crippen LogP contribution in [0, 0.1) is 29.6 Å². The highest BCUT2D eigenvalue weighted by Gasteiger charge is 2.65. The Morgan fingerprint density at radius 2 is 1.88 bits per heavy atom. The zero-order valence-corrected chi connectivity index (χ0v) is 11.0. The van der Waals surface area contributed by atoms with Crippen LogP contribution in [-0.2, 0) is 0 Å². The van der Waals surface area contributed by atoms with E-state index in [9.17, 15) is 0 Å². The standard InChI is InChI=1S/C13H22N2S/c1-7(2)6-14-13(16)15-12-10-8-3-4-9(5-8)11(10)12/h7-12H,3-6H2,1-2H3,(H2,14,15,16). The molecule has 0 radical (unpaired) electrons. The van der Waals surface area contributed by atoms with E-state index in [4.69, 9.17) is 12.2 Å². The summed E-state index contributed by atoms with van der Waals surface area (Å²) in [6.45, 7) is 5.41. The largest absolute Gasteiger partial charge is 0.362 e. The maximum Gasteiger partial charge on any atom is 0.166 e. The second kappa shape index (κ2) is 3.86. The minimum atomic E-state index is 0.662. The van der Waals surface area contributed by atoms with Gasteiger partial charge in [-0.3, -0.25) is 0 Å². The van der Waals surface area contributed by atoms with E-state index in [0.717, 1.165) is 41.4 Å². The number of thiocarbonyl (C=S) groups is 1. The van der Waals surface area contributed by atoms with Gasteiger partial charge in [0.1, 0.15) is 0 Å². The summed E-state index contributed by atoms with van der Waals surface area (Å²) in [6.07, 6.45) is 4.48. The average Bonchev–Trinajstić information content (AvgIpc) is 2.66. The second-order valence-electron chi connectivity index (χ2n) is 6.26. The van der Waals surface area contributed by atoms with Crippen LogP contribution in [0.1, 0.15) is 33.1 Å². The molecule has 0 saturated heterocycles. The molecule has 90 valence electrons. The molecule has 3 aliphatic carbocycles. The van der Waals surface area contributed by atoms with Gasteiger partial charge < -0.3 is 10.6 Å². The molecule has 0 aromatic rings. The molecule has 16 heavy (non-hydrogen) atoms. The van der Waals surface area contributed by atoms with Crippen molar-refractivity contribution in [2.75, 3.05) is 6.54 Å². The Kier molecular flexibility index (Phi) is 2.61. The molecule has 0 heterocycles. The minimum absolute atomic E-state index is 0.662. The van der Waals surface area contributed by atoms with Crippen molar-refractivity contribution < 1.29 is 0 Å². The third kappa shape index (κ3) is 1.73. The fraction of sp³-hybridized carbons (Fsp3) is 0.923. The molecule has 2 N–H and O–H groups in total. The van der Waals surface area contributed by atoms with Crippen molar-refractivity contribution in [3.63, 3.8) is 0 Å². The number of hydrogen-bond donors (Lipinski definition) is 2. The molecule has 0 aliphatic heterocycles. The zero-order chi connectivity index (χ0) is 11.3. The van der Waals surface area contributed by atoms with Gasteiger partial charge >= 0.3 is 0 Å². The van der Waals surface area contributed by atoms with Gasteiger partial charge in [0.25, 0.3) is 0 Å². The van der Waals surface area contributed by atoms with E-state index in [-0.39, 0.29) is 0 Å². The summed E-state index contributed by atoms with van der Waals surface area (Å²) >= 11 is 5.34. The molecule has 0 amide bonds. The van der Waals surface area contributed by atoms with E-state index in [1.165, 1.54) is 19.3 Å². The topological polar surface area (TPSA) is 24.1 Å². The van der Waals surface area contributed by atoms with E-state index in [2.05, 4.69) is 24.5 Å². The molecule has 2 bridgehead atoms. The molecular weight excluding hydrogens is 216 g/mol. The maximum atomic E-state index is 5.34. The van der Waals surface area contributed by atoms with Crippen molar-refractivity contribution in [3.8, 4) is 0 Å². The molecule has 4 atom stereocenters. The molecule has 0 spiro atoms. The Bertz CT molecular complexity index is 286. The zero-order valence-electron chi connectivity index (χ0n) is 10.2. The van der Waals surface area contributed by atoms with Crippen LogP contribution in [0.3, 0.4) is 0 Å². The van der Waals surface area contributed by atoms with Crippen LogP contribution < -0.4 is 10.6 Å². The summed E-state index contributed by atoms with van der Waals surface area (Å²) in [6, 6.07) is 0.721. The van der Waals surface area contributed by atoms with Gasteiger partial charge in [0.2, 0.25) is 0 Å². The van der Waals surface area contributed by atoms with Gasteiger partial charge in [-0.15, -0.1) is 0 Å². The van der Waals surface area contributed by atoms with E-state index >= 15 is 0 Å². The van der Waals surface area contributed by atoms with E-state index in [1.54, 1.807) is 0 Å². The van der Waals surface area contributed by atoms with Gasteiger partial charge in [-0.25, -0.2) is 0 Å². The van der Waals surface area contributed by atoms with Crippen LogP contribution in [-0.4, -0.2) is 17.7 Å². The lowest BCUT2D eigenvalue weighted by molar-refractivity contribution is 0.456. The molecule has 3 saturated carbocycles. The Balaban J connectivity index is 1.46. The number of hydrogen-bond acceptors (Lipinski definition) is 1. The average molecular weight is 238 g/mol. The van der Waals surface area contributed by atoms with Crippen molar-refractivity contribution in [1.82, 2.24) is 10.6 Å². The SMILES string of the molecule is CC(C)CNC(=S)NC1C2C3CCC(C3)C12. The molecule has 2 nitrogen and oxygen atoms in total. The predicted molar refractivity (Wildman–Crippen MR) is 70.2 cm³/mol. The summed E-state index contributed by atoms with van der Waals surface area (Å²) < 4.78 is 0. The van der Waals surface area contributed by atoms with Crippen molar-refractivity contribution in [1.29, 1.82) is 0 Å². The van der Waals surface area contributed by atoms with Crippen molar-refractivity contribution >= 4 is 17.3 Å². The Labute approximate surface area is 104 Å². The predicted octanol–water partition coefficient (Wildman–Crippen LogP) is 2.15. The highest BCUT2D eigenvalue weighted by atomic mass is 32.1. The van der Waals surface area contributed by atoms with Crippen LogP contribution in [0.5, 0.6) is 0 Å². The number of rotatable bonds is 3. The van der Waals surface area contributed by atoms with Crippen LogP contribution in [0.2, 0.25) is 0 Å². The fourth-order valence-electron chi connectivity index (χ4n) is 4.02. The highest BCUT2D eigenvalue weighted by Crippen LogP contribution is 2.65. The third-order valence-corrected chi connectivity index (χ3v) is 4.97. The summed E-state index contributed by atoms with van der Waals surface area (Å²) in [4.78, 5) is 0. The first-order valence-corrected chi connectivity index (χ1v) is 7.12. The highest BCUT2D eigenvalue weighted by molar-refractivity contribution is 7.80. The van der Waals surface area contributed by atoms with Gasteiger partial charge in [-0.05, 0) is 61.1 Å². The van der Waals surface area contributed by atoms with Gasteiger partial charge in [0, 0.05) is 12.6 Å². The van der Waals surface area contributed by atoms with Gasteiger partial charge in [-0.1, -0.05) is 13.8 Å². The van der Waals surface area contributed by atoms with Crippen LogP contribution in [0.4, 0.5) is 0 Å². The minimum Gasteiger partial charge on any atom is -0.362 e. The van der Waals surface area contributed by atoms with Crippen molar-refractivity contribution in [2.24, 2.45) is 29.6 Å². The van der Waals surface area contributed by atoms with Gasteiger partial charge in [0.05, 0.1) is 0 Å². The quantitative estimate of drug-likeness (QED) is 0.737. The normalized spacial score (nSPS) is 43.3. The molecular formula is C13H22N2S. The van der Waals surface area contributed by atoms with E-state index < -0.39 is 0 Å². The van der Waals surface area contributed by atoms with Crippen molar-refractivity contribution in [2.45, 2.75) is 39.2 Å². The second-order valence-corrected chi connectivity index (χ2v) is 6.67. The smallest absolute Gasteiger partial charge is 0.166 e. The first kappa shape index (κ1) is 10.8. The molecule has 3 fully saturated rings. The van der Waals surface area contributed by atoms with Gasteiger partial charge in [0.15, 0.2) is 5.11 Å².